The highest BCUT2D eigenvalue weighted by atomic mass is 16.5. The van der Waals surface area contributed by atoms with E-state index in [4.69, 9.17) is 9.94 Å². The van der Waals surface area contributed by atoms with Gasteiger partial charge in [0.15, 0.2) is 0 Å². The van der Waals surface area contributed by atoms with E-state index in [2.05, 4.69) is 21.1 Å². The van der Waals surface area contributed by atoms with Crippen LogP contribution in [0.4, 0.5) is 5.69 Å². The smallest absolute Gasteiger partial charge is 0.121 e. The first-order chi connectivity index (χ1) is 14.8. The standard InChI is InChI=1S/C23H21N5O2/c24-14-21-20-8-7-19(30-12-11-27-10-9-25-15-27)13-22(20)28(18-5-6-18)23(21)16-1-3-17(26-29)4-2-16/h1-4,7-10,13,15,18,26,29H,5-6,11-12H2. The maximum Gasteiger partial charge on any atom is 0.121 e. The van der Waals surface area contributed by atoms with Gasteiger partial charge in [-0.05, 0) is 42.7 Å². The normalized spacial score (nSPS) is 13.3. The highest BCUT2D eigenvalue weighted by Gasteiger charge is 2.30. The van der Waals surface area contributed by atoms with Crippen LogP contribution < -0.4 is 10.2 Å². The molecule has 1 aliphatic rings. The molecule has 150 valence electrons. The maximum absolute atomic E-state index is 9.95. The van der Waals surface area contributed by atoms with Gasteiger partial charge < -0.3 is 13.9 Å². The zero-order chi connectivity index (χ0) is 20.5. The van der Waals surface area contributed by atoms with Gasteiger partial charge in [-0.3, -0.25) is 10.7 Å². The third kappa shape index (κ3) is 3.27. The fourth-order valence-corrected chi connectivity index (χ4v) is 3.88. The Bertz CT molecular complexity index is 1220. The van der Waals surface area contributed by atoms with Gasteiger partial charge in [0.25, 0.3) is 0 Å². The summed E-state index contributed by atoms with van der Waals surface area (Å²) < 4.78 is 10.2. The highest BCUT2D eigenvalue weighted by molar-refractivity contribution is 5.95. The average Bonchev–Trinajstić information content (AvgIpc) is 3.38. The molecule has 0 saturated heterocycles. The van der Waals surface area contributed by atoms with Gasteiger partial charge >= 0.3 is 0 Å². The van der Waals surface area contributed by atoms with Crippen molar-refractivity contribution >= 4 is 16.6 Å². The second-order valence-electron chi connectivity index (χ2n) is 7.45. The van der Waals surface area contributed by atoms with Crippen molar-refractivity contribution in [2.45, 2.75) is 25.4 Å². The van der Waals surface area contributed by atoms with Crippen LogP contribution >= 0.6 is 0 Å². The number of rotatable bonds is 7. The molecule has 1 saturated carbocycles. The number of imidazole rings is 1. The van der Waals surface area contributed by atoms with E-state index in [-0.39, 0.29) is 0 Å². The van der Waals surface area contributed by atoms with Crippen molar-refractivity contribution in [2.75, 3.05) is 12.1 Å². The van der Waals surface area contributed by atoms with Gasteiger partial charge in [0.1, 0.15) is 18.4 Å². The molecule has 0 atom stereocenters. The molecule has 0 unspecified atom stereocenters. The Balaban J connectivity index is 1.54. The Kier molecular flexibility index (Phi) is 4.62. The molecule has 2 N–H and O–H groups in total. The second kappa shape index (κ2) is 7.58. The topological polar surface area (TPSA) is 88.0 Å². The summed E-state index contributed by atoms with van der Waals surface area (Å²) in [4.78, 5) is 4.04. The molecule has 7 heteroatoms. The van der Waals surface area contributed by atoms with Crippen molar-refractivity contribution < 1.29 is 9.94 Å². The van der Waals surface area contributed by atoms with E-state index in [1.165, 1.54) is 0 Å². The van der Waals surface area contributed by atoms with E-state index in [1.54, 1.807) is 24.7 Å². The van der Waals surface area contributed by atoms with Crippen LogP contribution in [-0.2, 0) is 6.54 Å². The van der Waals surface area contributed by atoms with Crippen LogP contribution in [0.1, 0.15) is 24.4 Å². The van der Waals surface area contributed by atoms with E-state index >= 15 is 0 Å². The summed E-state index contributed by atoms with van der Waals surface area (Å²) in [6.07, 6.45) is 7.64. The van der Waals surface area contributed by atoms with Crippen molar-refractivity contribution in [1.82, 2.24) is 14.1 Å². The lowest BCUT2D eigenvalue weighted by molar-refractivity contribution is 0.298. The van der Waals surface area contributed by atoms with E-state index in [1.807, 2.05) is 41.1 Å². The number of ether oxygens (including phenoxy) is 1. The van der Waals surface area contributed by atoms with Crippen molar-refractivity contribution in [3.05, 3.63) is 66.7 Å². The lowest BCUT2D eigenvalue weighted by Gasteiger charge is -2.12. The Morgan fingerprint density at radius 1 is 1.20 bits per heavy atom. The molecule has 0 aliphatic heterocycles. The first kappa shape index (κ1) is 18.3. The third-order valence-corrected chi connectivity index (χ3v) is 5.46. The van der Waals surface area contributed by atoms with Gasteiger partial charge in [0, 0.05) is 29.9 Å². The zero-order valence-corrected chi connectivity index (χ0v) is 16.3. The molecule has 30 heavy (non-hydrogen) atoms. The molecule has 2 aromatic heterocycles. The SMILES string of the molecule is N#Cc1c(-c2ccc(NO)cc2)n(C2CC2)c2cc(OCCn3ccnc3)ccc12. The largest absolute Gasteiger partial charge is 0.492 e. The predicted octanol–water partition coefficient (Wildman–Crippen LogP) is 4.59. The van der Waals surface area contributed by atoms with Crippen molar-refractivity contribution in [2.24, 2.45) is 0 Å². The highest BCUT2D eigenvalue weighted by Crippen LogP contribution is 2.45. The van der Waals surface area contributed by atoms with E-state index in [0.717, 1.165) is 47.3 Å². The predicted molar refractivity (Wildman–Crippen MR) is 113 cm³/mol. The molecule has 0 bridgehead atoms. The Hall–Kier alpha value is -3.76. The summed E-state index contributed by atoms with van der Waals surface area (Å²) >= 11 is 0. The molecule has 5 rings (SSSR count). The maximum atomic E-state index is 9.95. The average molecular weight is 399 g/mol. The monoisotopic (exact) mass is 399 g/mol. The summed E-state index contributed by atoms with van der Waals surface area (Å²) in [7, 11) is 0. The molecule has 1 aliphatic carbocycles. The molecular weight excluding hydrogens is 378 g/mol. The summed E-state index contributed by atoms with van der Waals surface area (Å²) in [6.45, 7) is 1.27. The van der Waals surface area contributed by atoms with Crippen LogP contribution in [0.2, 0.25) is 0 Å². The summed E-state index contributed by atoms with van der Waals surface area (Å²) in [5.41, 5.74) is 6.34. The van der Waals surface area contributed by atoms with E-state index < -0.39 is 0 Å². The van der Waals surface area contributed by atoms with Crippen LogP contribution in [-0.4, -0.2) is 25.9 Å². The number of aromatic nitrogens is 3. The molecule has 7 nitrogen and oxygen atoms in total. The minimum atomic E-state index is 0.390. The van der Waals surface area contributed by atoms with Crippen LogP contribution in [0, 0.1) is 11.3 Å². The number of hydrogen-bond donors (Lipinski definition) is 2. The number of nitriles is 1. The quantitative estimate of drug-likeness (QED) is 0.444. The molecular formula is C23H21N5O2. The van der Waals surface area contributed by atoms with Gasteiger partial charge in [-0.2, -0.15) is 5.26 Å². The summed E-state index contributed by atoms with van der Waals surface area (Å²) in [5, 5.41) is 20.0. The minimum absolute atomic E-state index is 0.390. The summed E-state index contributed by atoms with van der Waals surface area (Å²) in [5.74, 6) is 0.790. The lowest BCUT2D eigenvalue weighted by atomic mass is 10.1. The van der Waals surface area contributed by atoms with E-state index in [9.17, 15) is 5.26 Å². The number of hydrogen-bond acceptors (Lipinski definition) is 5. The first-order valence-corrected chi connectivity index (χ1v) is 9.95. The number of nitrogens with zero attached hydrogens (tertiary/aromatic N) is 4. The van der Waals surface area contributed by atoms with Crippen molar-refractivity contribution in [3.8, 4) is 23.1 Å². The molecule has 0 radical (unpaired) electrons. The van der Waals surface area contributed by atoms with E-state index in [0.29, 0.717) is 23.9 Å². The number of benzene rings is 2. The van der Waals surface area contributed by atoms with Gasteiger partial charge in [0.2, 0.25) is 0 Å². The summed E-state index contributed by atoms with van der Waals surface area (Å²) in [6, 6.07) is 16.2. The molecule has 0 amide bonds. The lowest BCUT2D eigenvalue weighted by Crippen LogP contribution is -2.06. The minimum Gasteiger partial charge on any atom is -0.492 e. The Morgan fingerprint density at radius 2 is 2.03 bits per heavy atom. The molecule has 1 fully saturated rings. The molecule has 2 heterocycles. The number of fused-ring (bicyclic) bond motifs is 1. The van der Waals surface area contributed by atoms with Crippen LogP contribution in [0.25, 0.3) is 22.2 Å². The second-order valence-corrected chi connectivity index (χ2v) is 7.45. The Labute approximate surface area is 173 Å². The van der Waals surface area contributed by atoms with Gasteiger partial charge in [-0.25, -0.2) is 4.98 Å². The van der Waals surface area contributed by atoms with Crippen LogP contribution in [0.5, 0.6) is 5.75 Å². The Morgan fingerprint density at radius 3 is 2.70 bits per heavy atom. The van der Waals surface area contributed by atoms with Gasteiger partial charge in [0.05, 0.1) is 35.3 Å². The number of anilines is 1. The fraction of sp³-hybridized carbons (Fsp3) is 0.217. The van der Waals surface area contributed by atoms with Crippen molar-refractivity contribution in [1.29, 1.82) is 5.26 Å². The zero-order valence-electron chi connectivity index (χ0n) is 16.3. The van der Waals surface area contributed by atoms with Gasteiger partial charge in [-0.15, -0.1) is 0 Å². The number of nitrogens with one attached hydrogen (secondary N) is 1. The van der Waals surface area contributed by atoms with Gasteiger partial charge in [-0.1, -0.05) is 12.1 Å². The molecule has 0 spiro atoms. The van der Waals surface area contributed by atoms with Crippen molar-refractivity contribution in [3.63, 3.8) is 0 Å². The van der Waals surface area contributed by atoms with Crippen LogP contribution in [0.3, 0.4) is 0 Å². The third-order valence-electron chi connectivity index (χ3n) is 5.46. The molecule has 4 aromatic rings. The molecule has 2 aromatic carbocycles. The first-order valence-electron chi connectivity index (χ1n) is 9.95. The fourth-order valence-electron chi connectivity index (χ4n) is 3.88. The van der Waals surface area contributed by atoms with Crippen LogP contribution in [0.15, 0.2) is 61.2 Å².